The molecule has 0 aromatic heterocycles. The van der Waals surface area contributed by atoms with Gasteiger partial charge in [0.2, 0.25) is 5.91 Å². The minimum atomic E-state index is 0.219. The van der Waals surface area contributed by atoms with E-state index in [1.807, 2.05) is 0 Å². The summed E-state index contributed by atoms with van der Waals surface area (Å²) in [4.78, 5) is 15.9. The second-order valence-corrected chi connectivity index (χ2v) is 6.41. The lowest BCUT2D eigenvalue weighted by molar-refractivity contribution is -0.127. The van der Waals surface area contributed by atoms with Crippen LogP contribution in [0.5, 0.6) is 0 Å². The van der Waals surface area contributed by atoms with E-state index in [1.54, 1.807) is 7.05 Å². The summed E-state index contributed by atoms with van der Waals surface area (Å²) in [6.07, 6.45) is 6.42. The van der Waals surface area contributed by atoms with Crippen molar-refractivity contribution in [1.82, 2.24) is 16.0 Å². The Labute approximate surface area is 145 Å². The minimum absolute atomic E-state index is 0.219. The van der Waals surface area contributed by atoms with Gasteiger partial charge in [0.1, 0.15) is 0 Å². The molecule has 0 radical (unpaired) electrons. The highest BCUT2D eigenvalue weighted by atomic mass is 16.5. The third-order valence-corrected chi connectivity index (χ3v) is 4.50. The average molecular weight is 340 g/mol. The molecule has 2 rings (SSSR count). The molecule has 7 heteroatoms. The van der Waals surface area contributed by atoms with Crippen molar-refractivity contribution in [3.05, 3.63) is 0 Å². The van der Waals surface area contributed by atoms with Gasteiger partial charge in [0.05, 0.1) is 12.7 Å². The SMILES string of the molecule is CN=C(NCCCNC(=O)C1CCC1)NCCCOC1CCOC1. The van der Waals surface area contributed by atoms with Gasteiger partial charge in [0.25, 0.3) is 0 Å². The first-order valence-electron chi connectivity index (χ1n) is 9.21. The molecule has 2 aliphatic rings. The Morgan fingerprint density at radius 1 is 1.12 bits per heavy atom. The molecule has 1 atom stereocenters. The fourth-order valence-corrected chi connectivity index (χ4v) is 2.72. The third kappa shape index (κ3) is 7.05. The van der Waals surface area contributed by atoms with E-state index in [2.05, 4.69) is 20.9 Å². The van der Waals surface area contributed by atoms with Crippen LogP contribution in [-0.2, 0) is 14.3 Å². The van der Waals surface area contributed by atoms with Gasteiger partial charge in [0, 0.05) is 45.8 Å². The van der Waals surface area contributed by atoms with E-state index in [9.17, 15) is 4.79 Å². The van der Waals surface area contributed by atoms with Crippen LogP contribution >= 0.6 is 0 Å². The molecule has 1 amide bonds. The molecule has 0 aromatic carbocycles. The van der Waals surface area contributed by atoms with E-state index in [1.165, 1.54) is 6.42 Å². The fraction of sp³-hybridized carbons (Fsp3) is 0.882. The monoisotopic (exact) mass is 340 g/mol. The van der Waals surface area contributed by atoms with Crippen molar-refractivity contribution in [3.63, 3.8) is 0 Å². The molecule has 24 heavy (non-hydrogen) atoms. The molecular formula is C17H32N4O3. The lowest BCUT2D eigenvalue weighted by Crippen LogP contribution is -2.40. The zero-order chi connectivity index (χ0) is 17.0. The zero-order valence-corrected chi connectivity index (χ0v) is 14.8. The van der Waals surface area contributed by atoms with Crippen molar-refractivity contribution in [2.45, 2.75) is 44.6 Å². The quantitative estimate of drug-likeness (QED) is 0.309. The second-order valence-electron chi connectivity index (χ2n) is 6.41. The third-order valence-electron chi connectivity index (χ3n) is 4.50. The molecule has 2 fully saturated rings. The highest BCUT2D eigenvalue weighted by Gasteiger charge is 2.24. The van der Waals surface area contributed by atoms with Gasteiger partial charge < -0.3 is 25.4 Å². The van der Waals surface area contributed by atoms with Crippen LogP contribution in [0.3, 0.4) is 0 Å². The predicted molar refractivity (Wildman–Crippen MR) is 94.1 cm³/mol. The minimum Gasteiger partial charge on any atom is -0.379 e. The van der Waals surface area contributed by atoms with E-state index in [0.29, 0.717) is 0 Å². The Kier molecular flexibility index (Phi) is 8.91. The van der Waals surface area contributed by atoms with Crippen molar-refractivity contribution in [1.29, 1.82) is 0 Å². The number of rotatable bonds is 10. The van der Waals surface area contributed by atoms with Crippen molar-refractivity contribution >= 4 is 11.9 Å². The molecule has 0 spiro atoms. The molecule has 0 bridgehead atoms. The number of hydrogen-bond acceptors (Lipinski definition) is 4. The highest BCUT2D eigenvalue weighted by Crippen LogP contribution is 2.25. The second kappa shape index (κ2) is 11.3. The lowest BCUT2D eigenvalue weighted by Gasteiger charge is -2.24. The van der Waals surface area contributed by atoms with Crippen LogP contribution in [0, 0.1) is 5.92 Å². The predicted octanol–water partition coefficient (Wildman–Crippen LogP) is 0.653. The summed E-state index contributed by atoms with van der Waals surface area (Å²) < 4.78 is 11.0. The summed E-state index contributed by atoms with van der Waals surface area (Å²) >= 11 is 0. The maximum Gasteiger partial charge on any atom is 0.223 e. The molecule has 0 aromatic rings. The number of aliphatic imine (C=N–C) groups is 1. The van der Waals surface area contributed by atoms with Gasteiger partial charge >= 0.3 is 0 Å². The number of carbonyl (C=O) groups is 1. The van der Waals surface area contributed by atoms with Gasteiger partial charge in [-0.25, -0.2) is 0 Å². The smallest absolute Gasteiger partial charge is 0.223 e. The molecule has 7 nitrogen and oxygen atoms in total. The zero-order valence-electron chi connectivity index (χ0n) is 14.8. The van der Waals surface area contributed by atoms with Gasteiger partial charge in [0.15, 0.2) is 5.96 Å². The van der Waals surface area contributed by atoms with Gasteiger partial charge in [-0.2, -0.15) is 0 Å². The first-order valence-corrected chi connectivity index (χ1v) is 9.21. The standard InChI is InChI=1S/C17H32N4O3/c1-18-17(21-10-4-11-24-15-7-12-23-13-15)20-9-3-8-19-16(22)14-5-2-6-14/h14-15H,2-13H2,1H3,(H,19,22)(H2,18,20,21). The molecule has 138 valence electrons. The number of nitrogens with one attached hydrogen (secondary N) is 3. The first-order chi connectivity index (χ1) is 11.8. The van der Waals surface area contributed by atoms with Crippen LogP contribution in [0.4, 0.5) is 0 Å². The number of amides is 1. The van der Waals surface area contributed by atoms with Crippen molar-refractivity contribution in [3.8, 4) is 0 Å². The number of carbonyl (C=O) groups excluding carboxylic acids is 1. The topological polar surface area (TPSA) is 84.0 Å². The van der Waals surface area contributed by atoms with E-state index >= 15 is 0 Å². The van der Waals surface area contributed by atoms with Crippen molar-refractivity contribution in [2.24, 2.45) is 10.9 Å². The fourth-order valence-electron chi connectivity index (χ4n) is 2.72. The Hall–Kier alpha value is -1.34. The van der Waals surface area contributed by atoms with E-state index in [0.717, 1.165) is 77.5 Å². The Morgan fingerprint density at radius 2 is 1.88 bits per heavy atom. The van der Waals surface area contributed by atoms with Gasteiger partial charge in [-0.15, -0.1) is 0 Å². The molecule has 1 aliphatic carbocycles. The van der Waals surface area contributed by atoms with Gasteiger partial charge in [-0.3, -0.25) is 9.79 Å². The summed E-state index contributed by atoms with van der Waals surface area (Å²) in [7, 11) is 1.76. The van der Waals surface area contributed by atoms with Crippen LogP contribution in [0.25, 0.3) is 0 Å². The maximum absolute atomic E-state index is 11.7. The van der Waals surface area contributed by atoms with Crippen molar-refractivity contribution in [2.75, 3.05) is 46.5 Å². The average Bonchev–Trinajstić information content (AvgIpc) is 3.04. The van der Waals surface area contributed by atoms with Crippen LogP contribution in [0.15, 0.2) is 4.99 Å². The molecular weight excluding hydrogens is 308 g/mol. The van der Waals surface area contributed by atoms with Crippen LogP contribution in [0.2, 0.25) is 0 Å². The summed E-state index contributed by atoms with van der Waals surface area (Å²) in [6.45, 7) is 4.63. The highest BCUT2D eigenvalue weighted by molar-refractivity contribution is 5.80. The van der Waals surface area contributed by atoms with Crippen LogP contribution in [-0.4, -0.2) is 64.5 Å². The molecule has 1 saturated carbocycles. The lowest BCUT2D eigenvalue weighted by atomic mass is 9.85. The molecule has 1 saturated heterocycles. The Morgan fingerprint density at radius 3 is 2.50 bits per heavy atom. The van der Waals surface area contributed by atoms with Crippen LogP contribution < -0.4 is 16.0 Å². The summed E-state index contributed by atoms with van der Waals surface area (Å²) in [5.74, 6) is 1.28. The van der Waals surface area contributed by atoms with E-state index in [4.69, 9.17) is 9.47 Å². The van der Waals surface area contributed by atoms with E-state index < -0.39 is 0 Å². The van der Waals surface area contributed by atoms with Crippen LogP contribution in [0.1, 0.15) is 38.5 Å². The number of nitrogens with zero attached hydrogens (tertiary/aromatic N) is 1. The number of guanidine groups is 1. The van der Waals surface area contributed by atoms with Crippen molar-refractivity contribution < 1.29 is 14.3 Å². The molecule has 1 unspecified atom stereocenters. The summed E-state index contributed by atoms with van der Waals surface area (Å²) in [6, 6.07) is 0. The first kappa shape index (κ1) is 19.0. The number of hydrogen-bond donors (Lipinski definition) is 3. The summed E-state index contributed by atoms with van der Waals surface area (Å²) in [5.41, 5.74) is 0. The summed E-state index contributed by atoms with van der Waals surface area (Å²) in [5, 5.41) is 9.53. The normalized spacial score (nSPS) is 21.4. The number of ether oxygens (including phenoxy) is 2. The molecule has 1 heterocycles. The largest absolute Gasteiger partial charge is 0.379 e. The maximum atomic E-state index is 11.7. The Bertz CT molecular complexity index is 393. The van der Waals surface area contributed by atoms with E-state index in [-0.39, 0.29) is 17.9 Å². The van der Waals surface area contributed by atoms with Gasteiger partial charge in [-0.05, 0) is 32.1 Å². The molecule has 1 aliphatic heterocycles. The molecule has 3 N–H and O–H groups in total. The Balaban J connectivity index is 1.41. The van der Waals surface area contributed by atoms with Gasteiger partial charge in [-0.1, -0.05) is 6.42 Å².